The minimum Gasteiger partial charge on any atom is -0.406 e. The van der Waals surface area contributed by atoms with Gasteiger partial charge in [0.25, 0.3) is 0 Å². The van der Waals surface area contributed by atoms with Crippen molar-refractivity contribution in [1.29, 1.82) is 0 Å². The van der Waals surface area contributed by atoms with Crippen LogP contribution in [0.1, 0.15) is 18.1 Å². The van der Waals surface area contributed by atoms with Gasteiger partial charge in [0.1, 0.15) is 23.2 Å². The molecule has 15 heteroatoms. The smallest absolute Gasteiger partial charge is 0.406 e. The standard InChI is InChI=1S/C23H22F7N7O/c1-2-31-9-10-32-19-12-20(34-15-5-8-18(24)17(11-15)22(25,26)27)36-21(35-19)37-33-13-14-3-6-16(7-4-14)38-23(28,29)30/h3-8,11-13,31H,2,9-10H2,1H3,(H3,32,34,35,36,37)/b33-13+. The van der Waals surface area contributed by atoms with Crippen LogP contribution in [0.3, 0.4) is 0 Å². The number of rotatable bonds is 11. The Balaban J connectivity index is 1.77. The predicted molar refractivity (Wildman–Crippen MR) is 128 cm³/mol. The van der Waals surface area contributed by atoms with Crippen LogP contribution in [0.15, 0.2) is 53.6 Å². The van der Waals surface area contributed by atoms with Crippen LogP contribution in [0.2, 0.25) is 0 Å². The molecule has 0 aliphatic rings. The molecule has 38 heavy (non-hydrogen) atoms. The fourth-order valence-electron chi connectivity index (χ4n) is 3.00. The van der Waals surface area contributed by atoms with Gasteiger partial charge in [-0.2, -0.15) is 28.2 Å². The molecule has 0 atom stereocenters. The highest BCUT2D eigenvalue weighted by Gasteiger charge is 2.34. The van der Waals surface area contributed by atoms with Gasteiger partial charge >= 0.3 is 12.5 Å². The summed E-state index contributed by atoms with van der Waals surface area (Å²) in [7, 11) is 0. The number of anilines is 4. The second-order valence-electron chi connectivity index (χ2n) is 7.55. The van der Waals surface area contributed by atoms with Gasteiger partial charge in [0, 0.05) is 24.8 Å². The summed E-state index contributed by atoms with van der Waals surface area (Å²) < 4.78 is 93.5. The lowest BCUT2D eigenvalue weighted by atomic mass is 10.2. The molecular weight excluding hydrogens is 523 g/mol. The van der Waals surface area contributed by atoms with Gasteiger partial charge < -0.3 is 20.7 Å². The number of halogens is 7. The molecule has 0 bridgehead atoms. The Morgan fingerprint density at radius 1 is 0.921 bits per heavy atom. The van der Waals surface area contributed by atoms with Gasteiger partial charge in [0.2, 0.25) is 5.95 Å². The van der Waals surface area contributed by atoms with E-state index in [1.54, 1.807) is 0 Å². The predicted octanol–water partition coefficient (Wildman–Crippen LogP) is 5.74. The van der Waals surface area contributed by atoms with Crippen molar-refractivity contribution in [3.05, 3.63) is 65.5 Å². The minimum absolute atomic E-state index is 0.0487. The number of alkyl halides is 6. The first kappa shape index (κ1) is 28.4. The highest BCUT2D eigenvalue weighted by molar-refractivity contribution is 5.80. The van der Waals surface area contributed by atoms with Crippen molar-refractivity contribution in [3.8, 4) is 5.75 Å². The average Bonchev–Trinajstić information content (AvgIpc) is 2.82. The third-order valence-electron chi connectivity index (χ3n) is 4.62. The normalized spacial score (nSPS) is 12.0. The molecule has 3 rings (SSSR count). The van der Waals surface area contributed by atoms with E-state index in [-0.39, 0.29) is 17.5 Å². The van der Waals surface area contributed by atoms with E-state index in [1.165, 1.54) is 24.4 Å². The maximum Gasteiger partial charge on any atom is 0.573 e. The van der Waals surface area contributed by atoms with Crippen molar-refractivity contribution in [1.82, 2.24) is 15.3 Å². The van der Waals surface area contributed by atoms with Gasteiger partial charge in [-0.3, -0.25) is 0 Å². The van der Waals surface area contributed by atoms with Crippen molar-refractivity contribution in [3.63, 3.8) is 0 Å². The van der Waals surface area contributed by atoms with E-state index >= 15 is 0 Å². The molecule has 1 heterocycles. The van der Waals surface area contributed by atoms with Crippen molar-refractivity contribution in [2.45, 2.75) is 19.5 Å². The first-order valence-electron chi connectivity index (χ1n) is 11.1. The van der Waals surface area contributed by atoms with E-state index in [1.807, 2.05) is 6.92 Å². The molecule has 204 valence electrons. The number of ether oxygens (including phenoxy) is 1. The third kappa shape index (κ3) is 9.06. The molecule has 0 unspecified atom stereocenters. The molecule has 0 amide bonds. The Morgan fingerprint density at radius 2 is 1.63 bits per heavy atom. The number of likely N-dealkylation sites (N-methyl/N-ethyl adjacent to an activating group) is 1. The Morgan fingerprint density at radius 3 is 2.29 bits per heavy atom. The molecular formula is C23H22F7N7O. The number of benzene rings is 2. The zero-order chi connectivity index (χ0) is 27.8. The zero-order valence-electron chi connectivity index (χ0n) is 19.7. The molecule has 4 N–H and O–H groups in total. The van der Waals surface area contributed by atoms with Crippen molar-refractivity contribution in [2.24, 2.45) is 5.10 Å². The first-order chi connectivity index (χ1) is 17.9. The fourth-order valence-corrected chi connectivity index (χ4v) is 3.00. The Kier molecular flexibility index (Phi) is 9.28. The quantitative estimate of drug-likeness (QED) is 0.106. The van der Waals surface area contributed by atoms with Crippen LogP contribution in [0, 0.1) is 5.82 Å². The number of hydrazone groups is 1. The maximum absolute atomic E-state index is 13.6. The van der Waals surface area contributed by atoms with E-state index in [2.05, 4.69) is 41.2 Å². The summed E-state index contributed by atoms with van der Waals surface area (Å²) in [6.45, 7) is 3.75. The van der Waals surface area contributed by atoms with Crippen LogP contribution < -0.4 is 26.1 Å². The molecule has 1 aromatic heterocycles. The summed E-state index contributed by atoms with van der Waals surface area (Å²) in [6, 6.07) is 8.78. The number of nitrogens with zero attached hydrogens (tertiary/aromatic N) is 3. The molecule has 0 spiro atoms. The lowest BCUT2D eigenvalue weighted by Crippen LogP contribution is -2.22. The Labute approximate surface area is 212 Å². The van der Waals surface area contributed by atoms with Crippen LogP contribution >= 0.6 is 0 Å². The monoisotopic (exact) mass is 545 g/mol. The summed E-state index contributed by atoms with van der Waals surface area (Å²) in [6.07, 6.45) is -8.41. The van der Waals surface area contributed by atoms with Gasteiger partial charge in [-0.05, 0) is 54.6 Å². The fraction of sp³-hybridized carbons (Fsp3) is 0.261. The molecule has 0 radical (unpaired) electrons. The lowest BCUT2D eigenvalue weighted by molar-refractivity contribution is -0.274. The summed E-state index contributed by atoms with van der Waals surface area (Å²) in [5.74, 6) is -1.46. The van der Waals surface area contributed by atoms with E-state index in [0.29, 0.717) is 36.6 Å². The lowest BCUT2D eigenvalue weighted by Gasteiger charge is -2.13. The van der Waals surface area contributed by atoms with Crippen LogP contribution in [-0.4, -0.2) is 42.2 Å². The van der Waals surface area contributed by atoms with E-state index in [4.69, 9.17) is 0 Å². The summed E-state index contributed by atoms with van der Waals surface area (Å²) in [5, 5.41) is 12.8. The molecule has 8 nitrogen and oxygen atoms in total. The molecule has 0 aliphatic carbocycles. The second-order valence-corrected chi connectivity index (χ2v) is 7.55. The first-order valence-corrected chi connectivity index (χ1v) is 11.1. The van der Waals surface area contributed by atoms with E-state index < -0.39 is 29.7 Å². The number of hydrogen-bond donors (Lipinski definition) is 4. The third-order valence-corrected chi connectivity index (χ3v) is 4.62. The summed E-state index contributed by atoms with van der Waals surface area (Å²) >= 11 is 0. The highest BCUT2D eigenvalue weighted by Crippen LogP contribution is 2.33. The van der Waals surface area contributed by atoms with Gasteiger partial charge in [0.15, 0.2) is 0 Å². The largest absolute Gasteiger partial charge is 0.573 e. The van der Waals surface area contributed by atoms with Crippen LogP contribution in [0.4, 0.5) is 54.0 Å². The molecule has 0 aliphatic heterocycles. The van der Waals surface area contributed by atoms with Crippen molar-refractivity contribution < 1.29 is 35.5 Å². The van der Waals surface area contributed by atoms with Crippen molar-refractivity contribution in [2.75, 3.05) is 35.7 Å². The minimum atomic E-state index is -4.88. The number of aromatic nitrogens is 2. The topological polar surface area (TPSA) is 95.5 Å². The van der Waals surface area contributed by atoms with E-state index in [9.17, 15) is 30.7 Å². The Hall–Kier alpha value is -4.14. The maximum atomic E-state index is 13.6. The number of nitrogens with one attached hydrogen (secondary N) is 4. The van der Waals surface area contributed by atoms with Gasteiger partial charge in [-0.25, -0.2) is 9.82 Å². The molecule has 0 fully saturated rings. The van der Waals surface area contributed by atoms with Crippen LogP contribution in [0.25, 0.3) is 0 Å². The molecule has 3 aromatic rings. The number of hydrogen-bond acceptors (Lipinski definition) is 8. The van der Waals surface area contributed by atoms with Gasteiger partial charge in [0.05, 0.1) is 11.8 Å². The molecule has 0 saturated heterocycles. The zero-order valence-corrected chi connectivity index (χ0v) is 19.7. The molecule has 2 aromatic carbocycles. The highest BCUT2D eigenvalue weighted by atomic mass is 19.4. The van der Waals surface area contributed by atoms with Gasteiger partial charge in [-0.1, -0.05) is 6.92 Å². The summed E-state index contributed by atoms with van der Waals surface area (Å²) in [5.41, 5.74) is 1.49. The van der Waals surface area contributed by atoms with Crippen LogP contribution in [-0.2, 0) is 6.18 Å². The summed E-state index contributed by atoms with van der Waals surface area (Å²) in [4.78, 5) is 8.38. The van der Waals surface area contributed by atoms with Gasteiger partial charge in [-0.15, -0.1) is 13.2 Å². The van der Waals surface area contributed by atoms with E-state index in [0.717, 1.165) is 24.7 Å². The second kappa shape index (κ2) is 12.4. The van der Waals surface area contributed by atoms with Crippen LogP contribution in [0.5, 0.6) is 5.75 Å². The molecule has 0 saturated carbocycles. The average molecular weight is 545 g/mol. The Bertz CT molecular complexity index is 1230. The van der Waals surface area contributed by atoms with Crippen molar-refractivity contribution >= 4 is 29.5 Å². The SMILES string of the molecule is CCNCCNc1cc(Nc2ccc(F)c(C(F)(F)F)c2)nc(N/N=C/c2ccc(OC(F)(F)F)cc2)n1.